The maximum atomic E-state index is 13.0. The number of hydrogen-bond donors (Lipinski definition) is 0. The van der Waals surface area contributed by atoms with Gasteiger partial charge >= 0.3 is 5.97 Å². The molecule has 34 heavy (non-hydrogen) atoms. The highest BCUT2D eigenvalue weighted by Crippen LogP contribution is 2.36. The zero-order valence-electron chi connectivity index (χ0n) is 17.4. The van der Waals surface area contributed by atoms with Gasteiger partial charge in [0.15, 0.2) is 18.2 Å². The Balaban J connectivity index is 1.45. The van der Waals surface area contributed by atoms with Crippen molar-refractivity contribution in [3.05, 3.63) is 117 Å². The van der Waals surface area contributed by atoms with Crippen LogP contribution in [0.3, 0.4) is 0 Å². The quantitative estimate of drug-likeness (QED) is 0.217. The topological polar surface area (TPSA) is 130 Å². The summed E-state index contributed by atoms with van der Waals surface area (Å²) in [5.41, 5.74) is -0.796. The van der Waals surface area contributed by atoms with Gasteiger partial charge in [-0.2, -0.15) is 0 Å². The van der Waals surface area contributed by atoms with Gasteiger partial charge in [-0.15, -0.1) is 0 Å². The van der Waals surface area contributed by atoms with Crippen molar-refractivity contribution < 1.29 is 28.5 Å². The van der Waals surface area contributed by atoms with E-state index in [1.807, 2.05) is 30.3 Å². The third kappa shape index (κ3) is 3.45. The SMILES string of the molecule is O=C1c2ccccc2C(=O)c2c1ccc(C(=O)OCc1ncc(-c3ccccc3)o1)c2[N+](=O)[O-]. The molecule has 0 spiro atoms. The Morgan fingerprint density at radius 3 is 2.29 bits per heavy atom. The minimum Gasteiger partial charge on any atom is -0.452 e. The van der Waals surface area contributed by atoms with Crippen molar-refractivity contribution in [3.8, 4) is 11.3 Å². The number of nitrogens with zero attached hydrogens (tertiary/aromatic N) is 2. The molecule has 1 aromatic heterocycles. The van der Waals surface area contributed by atoms with Crippen LogP contribution in [-0.2, 0) is 11.3 Å². The Labute approximate surface area is 191 Å². The van der Waals surface area contributed by atoms with Crippen LogP contribution in [-0.4, -0.2) is 27.4 Å². The fourth-order valence-electron chi connectivity index (χ4n) is 3.84. The number of rotatable bonds is 5. The predicted molar refractivity (Wildman–Crippen MR) is 117 cm³/mol. The molecule has 0 amide bonds. The number of hydrogen-bond acceptors (Lipinski definition) is 8. The van der Waals surface area contributed by atoms with Crippen molar-refractivity contribution in [2.45, 2.75) is 6.61 Å². The van der Waals surface area contributed by atoms with Crippen LogP contribution in [0.4, 0.5) is 5.69 Å². The van der Waals surface area contributed by atoms with Crippen LogP contribution in [0.2, 0.25) is 0 Å². The Morgan fingerprint density at radius 2 is 1.59 bits per heavy atom. The third-order valence-corrected chi connectivity index (χ3v) is 5.41. The average Bonchev–Trinajstić information content (AvgIpc) is 3.34. The van der Waals surface area contributed by atoms with E-state index < -0.39 is 39.3 Å². The fraction of sp³-hybridized carbons (Fsp3) is 0.0400. The van der Waals surface area contributed by atoms with Gasteiger partial charge in [-0.1, -0.05) is 54.6 Å². The Kier molecular flexibility index (Phi) is 5.06. The number of nitro groups is 1. The van der Waals surface area contributed by atoms with Gasteiger partial charge in [0.05, 0.1) is 11.1 Å². The fourth-order valence-corrected chi connectivity index (χ4v) is 3.84. The number of carbonyl (C=O) groups is 3. The number of oxazole rings is 1. The maximum absolute atomic E-state index is 13.0. The molecule has 0 saturated carbocycles. The molecule has 0 radical (unpaired) electrons. The Morgan fingerprint density at radius 1 is 0.912 bits per heavy atom. The van der Waals surface area contributed by atoms with Crippen LogP contribution in [0.15, 0.2) is 77.3 Å². The van der Waals surface area contributed by atoms with Crippen LogP contribution >= 0.6 is 0 Å². The molecule has 4 aromatic rings. The lowest BCUT2D eigenvalue weighted by Crippen LogP contribution is -2.23. The third-order valence-electron chi connectivity index (χ3n) is 5.41. The second-order valence-electron chi connectivity index (χ2n) is 7.41. The van der Waals surface area contributed by atoms with Crippen LogP contribution in [0, 0.1) is 10.1 Å². The standard InChI is InChI=1S/C25H14N2O7/c28-23-15-8-4-5-9-16(15)24(29)21-17(23)10-11-18(22(21)27(31)32)25(30)33-13-20-26-12-19(34-20)14-6-2-1-3-7-14/h1-12H,13H2. The molecule has 3 aromatic carbocycles. The summed E-state index contributed by atoms with van der Waals surface area (Å²) in [7, 11) is 0. The summed E-state index contributed by atoms with van der Waals surface area (Å²) < 4.78 is 10.8. The second kappa shape index (κ2) is 8.21. The summed E-state index contributed by atoms with van der Waals surface area (Å²) in [6, 6.07) is 17.6. The average molecular weight is 454 g/mol. The molecule has 0 saturated heterocycles. The minimum absolute atomic E-state index is 0.0434. The molecule has 5 rings (SSSR count). The molecule has 166 valence electrons. The van der Waals surface area contributed by atoms with Gasteiger partial charge in [-0.05, 0) is 12.1 Å². The van der Waals surface area contributed by atoms with E-state index in [-0.39, 0.29) is 29.2 Å². The molecule has 0 fully saturated rings. The molecular formula is C25H14N2O7. The van der Waals surface area contributed by atoms with E-state index >= 15 is 0 Å². The predicted octanol–water partition coefficient (Wildman–Crippen LogP) is 4.38. The monoisotopic (exact) mass is 454 g/mol. The molecule has 1 heterocycles. The summed E-state index contributed by atoms with van der Waals surface area (Å²) in [5.74, 6) is -1.72. The number of aromatic nitrogens is 1. The number of ketones is 2. The van der Waals surface area contributed by atoms with Crippen molar-refractivity contribution in [1.82, 2.24) is 4.98 Å². The molecule has 0 unspecified atom stereocenters. The molecule has 1 aliphatic rings. The molecule has 0 atom stereocenters. The molecule has 9 nitrogen and oxygen atoms in total. The van der Waals surface area contributed by atoms with Crippen molar-refractivity contribution in [2.75, 3.05) is 0 Å². The van der Waals surface area contributed by atoms with E-state index in [1.165, 1.54) is 24.4 Å². The lowest BCUT2D eigenvalue weighted by atomic mass is 9.82. The first-order valence-corrected chi connectivity index (χ1v) is 10.1. The summed E-state index contributed by atoms with van der Waals surface area (Å²) >= 11 is 0. The van der Waals surface area contributed by atoms with E-state index in [2.05, 4.69) is 4.98 Å². The Hall–Kier alpha value is -4.92. The van der Waals surface area contributed by atoms with Gasteiger partial charge in [0, 0.05) is 22.3 Å². The molecule has 1 aliphatic carbocycles. The van der Waals surface area contributed by atoms with Crippen LogP contribution in [0.1, 0.15) is 48.1 Å². The van der Waals surface area contributed by atoms with Gasteiger partial charge in [0.1, 0.15) is 11.1 Å². The molecular weight excluding hydrogens is 440 g/mol. The van der Waals surface area contributed by atoms with E-state index in [4.69, 9.17) is 9.15 Å². The summed E-state index contributed by atoms with van der Waals surface area (Å²) in [6.07, 6.45) is 1.47. The number of nitro benzene ring substituents is 1. The van der Waals surface area contributed by atoms with Crippen LogP contribution in [0.5, 0.6) is 0 Å². The van der Waals surface area contributed by atoms with Crippen LogP contribution < -0.4 is 0 Å². The van der Waals surface area contributed by atoms with E-state index in [0.29, 0.717) is 5.76 Å². The largest absolute Gasteiger partial charge is 0.452 e. The van der Waals surface area contributed by atoms with E-state index in [1.54, 1.807) is 12.1 Å². The number of ether oxygens (including phenoxy) is 1. The van der Waals surface area contributed by atoms with Gasteiger partial charge < -0.3 is 9.15 Å². The van der Waals surface area contributed by atoms with Crippen molar-refractivity contribution in [1.29, 1.82) is 0 Å². The summed E-state index contributed by atoms with van der Waals surface area (Å²) in [6.45, 7) is -0.379. The zero-order valence-corrected chi connectivity index (χ0v) is 17.4. The summed E-state index contributed by atoms with van der Waals surface area (Å²) in [5, 5.41) is 11.9. The highest BCUT2D eigenvalue weighted by atomic mass is 16.6. The second-order valence-corrected chi connectivity index (χ2v) is 7.41. The number of fused-ring (bicyclic) bond motifs is 2. The van der Waals surface area contributed by atoms with Crippen molar-refractivity contribution in [2.24, 2.45) is 0 Å². The summed E-state index contributed by atoms with van der Waals surface area (Å²) in [4.78, 5) is 53.7. The first-order chi connectivity index (χ1) is 16.5. The first kappa shape index (κ1) is 21.0. The van der Waals surface area contributed by atoms with E-state index in [9.17, 15) is 24.5 Å². The number of benzene rings is 3. The molecule has 0 aliphatic heterocycles. The van der Waals surface area contributed by atoms with E-state index in [0.717, 1.165) is 11.6 Å². The lowest BCUT2D eigenvalue weighted by Gasteiger charge is -2.18. The van der Waals surface area contributed by atoms with Gasteiger partial charge in [-0.3, -0.25) is 19.7 Å². The Bertz CT molecular complexity index is 1490. The number of carbonyl (C=O) groups excluding carboxylic acids is 3. The van der Waals surface area contributed by atoms with Gasteiger partial charge in [-0.25, -0.2) is 9.78 Å². The first-order valence-electron chi connectivity index (χ1n) is 10.1. The number of esters is 1. The molecule has 0 bridgehead atoms. The normalized spacial score (nSPS) is 12.1. The highest BCUT2D eigenvalue weighted by molar-refractivity contribution is 6.30. The minimum atomic E-state index is -1.05. The lowest BCUT2D eigenvalue weighted by molar-refractivity contribution is -0.385. The zero-order chi connectivity index (χ0) is 23.8. The molecule has 9 heteroatoms. The van der Waals surface area contributed by atoms with Crippen LogP contribution in [0.25, 0.3) is 11.3 Å². The van der Waals surface area contributed by atoms with Crippen molar-refractivity contribution in [3.63, 3.8) is 0 Å². The van der Waals surface area contributed by atoms with Gasteiger partial charge in [0.25, 0.3) is 5.69 Å². The smallest absolute Gasteiger partial charge is 0.345 e. The van der Waals surface area contributed by atoms with Crippen molar-refractivity contribution >= 4 is 23.2 Å². The molecule has 0 N–H and O–H groups in total. The maximum Gasteiger partial charge on any atom is 0.345 e. The van der Waals surface area contributed by atoms with Gasteiger partial charge in [0.2, 0.25) is 11.7 Å². The highest BCUT2D eigenvalue weighted by Gasteiger charge is 2.39.